The van der Waals surface area contributed by atoms with E-state index in [9.17, 15) is 0 Å². The van der Waals surface area contributed by atoms with Crippen LogP contribution in [0.1, 0.15) is 16.7 Å². The Morgan fingerprint density at radius 1 is 1.25 bits per heavy atom. The highest BCUT2D eigenvalue weighted by Crippen LogP contribution is 2.27. The first-order valence-electron chi connectivity index (χ1n) is 4.13. The summed E-state index contributed by atoms with van der Waals surface area (Å²) in [5.41, 5.74) is 4.00. The van der Waals surface area contributed by atoms with Crippen LogP contribution >= 0.6 is 11.6 Å². The molecule has 0 spiro atoms. The van der Waals surface area contributed by atoms with Gasteiger partial charge in [0.05, 0.1) is 0 Å². The molecular formula is C10H12ClN. The van der Waals surface area contributed by atoms with E-state index in [2.05, 4.69) is 31.0 Å². The topological polar surface area (TPSA) is 3.24 Å². The zero-order valence-electron chi connectivity index (χ0n) is 7.39. The molecule has 0 saturated carbocycles. The molecule has 64 valence electrons. The molecule has 0 fully saturated rings. The van der Waals surface area contributed by atoms with Gasteiger partial charge in [-0.1, -0.05) is 17.7 Å². The number of rotatable bonds is 0. The van der Waals surface area contributed by atoms with Gasteiger partial charge in [-0.15, -0.1) is 0 Å². The molecule has 1 aromatic rings. The highest BCUT2D eigenvalue weighted by Gasteiger charge is 2.16. The Morgan fingerprint density at radius 3 is 2.50 bits per heavy atom. The summed E-state index contributed by atoms with van der Waals surface area (Å²) in [5.74, 6) is 0. The van der Waals surface area contributed by atoms with Crippen molar-refractivity contribution in [2.45, 2.75) is 20.0 Å². The molecule has 0 saturated heterocycles. The van der Waals surface area contributed by atoms with E-state index in [1.807, 2.05) is 0 Å². The summed E-state index contributed by atoms with van der Waals surface area (Å²) in [4.78, 5) is 2.29. The van der Waals surface area contributed by atoms with E-state index >= 15 is 0 Å². The fourth-order valence-corrected chi connectivity index (χ4v) is 1.90. The number of nitrogens with zero attached hydrogens (tertiary/aromatic N) is 1. The van der Waals surface area contributed by atoms with Gasteiger partial charge in [-0.2, -0.15) is 0 Å². The van der Waals surface area contributed by atoms with E-state index in [0.29, 0.717) is 0 Å². The van der Waals surface area contributed by atoms with Crippen molar-refractivity contribution in [3.05, 3.63) is 33.8 Å². The van der Waals surface area contributed by atoms with Crippen molar-refractivity contribution in [1.82, 2.24) is 4.90 Å². The summed E-state index contributed by atoms with van der Waals surface area (Å²) in [6.07, 6.45) is 0. The lowest BCUT2D eigenvalue weighted by Gasteiger charge is -2.02. The van der Waals surface area contributed by atoms with Crippen molar-refractivity contribution in [3.8, 4) is 0 Å². The van der Waals surface area contributed by atoms with Crippen molar-refractivity contribution in [2.75, 3.05) is 7.05 Å². The minimum atomic E-state index is 0.893. The smallest absolute Gasteiger partial charge is 0.0438 e. The summed E-state index contributed by atoms with van der Waals surface area (Å²) in [6, 6.07) is 4.29. The van der Waals surface area contributed by atoms with Crippen molar-refractivity contribution in [3.63, 3.8) is 0 Å². The Kier molecular flexibility index (Phi) is 1.85. The molecule has 1 heterocycles. The number of hydrogen-bond donors (Lipinski definition) is 0. The quantitative estimate of drug-likeness (QED) is 0.595. The SMILES string of the molecule is Cc1cc2c(cc1Cl)CN(C)C2. The van der Waals surface area contributed by atoms with E-state index in [0.717, 1.165) is 18.1 Å². The second-order valence-corrected chi connectivity index (χ2v) is 3.95. The minimum Gasteiger partial charge on any atom is -0.298 e. The first-order chi connectivity index (χ1) is 5.66. The van der Waals surface area contributed by atoms with Gasteiger partial charge in [0.2, 0.25) is 0 Å². The molecular weight excluding hydrogens is 170 g/mol. The van der Waals surface area contributed by atoms with Crippen molar-refractivity contribution < 1.29 is 0 Å². The van der Waals surface area contributed by atoms with E-state index in [1.54, 1.807) is 0 Å². The summed E-state index contributed by atoms with van der Waals surface area (Å²) < 4.78 is 0. The Bertz CT molecular complexity index is 289. The summed E-state index contributed by atoms with van der Waals surface area (Å²) in [7, 11) is 2.13. The van der Waals surface area contributed by atoms with Crippen molar-refractivity contribution >= 4 is 11.6 Å². The lowest BCUT2D eigenvalue weighted by molar-refractivity contribution is 0.353. The normalized spacial score (nSPS) is 16.6. The molecule has 1 nitrogen and oxygen atoms in total. The van der Waals surface area contributed by atoms with Crippen LogP contribution in [0.3, 0.4) is 0 Å². The van der Waals surface area contributed by atoms with Gasteiger partial charge in [0.1, 0.15) is 0 Å². The standard InChI is InChI=1S/C10H12ClN/c1-7-3-8-5-12(2)6-9(8)4-10(7)11/h3-4H,5-6H2,1-2H3. The van der Waals surface area contributed by atoms with E-state index in [4.69, 9.17) is 11.6 Å². The van der Waals surface area contributed by atoms with Gasteiger partial charge in [0.25, 0.3) is 0 Å². The van der Waals surface area contributed by atoms with Crippen LogP contribution in [-0.2, 0) is 13.1 Å². The summed E-state index contributed by atoms with van der Waals surface area (Å²) in [5, 5.41) is 0.893. The number of benzene rings is 1. The molecule has 0 amide bonds. The molecule has 0 N–H and O–H groups in total. The van der Waals surface area contributed by atoms with Crippen LogP contribution in [-0.4, -0.2) is 11.9 Å². The van der Waals surface area contributed by atoms with Gasteiger partial charge in [-0.25, -0.2) is 0 Å². The van der Waals surface area contributed by atoms with E-state index < -0.39 is 0 Å². The highest BCUT2D eigenvalue weighted by molar-refractivity contribution is 6.31. The lowest BCUT2D eigenvalue weighted by atomic mass is 10.1. The van der Waals surface area contributed by atoms with Gasteiger partial charge < -0.3 is 0 Å². The minimum absolute atomic E-state index is 0.893. The maximum absolute atomic E-state index is 6.02. The van der Waals surface area contributed by atoms with Crippen LogP contribution < -0.4 is 0 Å². The Labute approximate surface area is 77.9 Å². The van der Waals surface area contributed by atoms with Crippen molar-refractivity contribution in [2.24, 2.45) is 0 Å². The zero-order valence-corrected chi connectivity index (χ0v) is 8.15. The Hall–Kier alpha value is -0.530. The third-order valence-corrected chi connectivity index (χ3v) is 2.77. The number of fused-ring (bicyclic) bond motifs is 1. The molecule has 0 aromatic heterocycles. The number of hydrogen-bond acceptors (Lipinski definition) is 1. The monoisotopic (exact) mass is 181 g/mol. The number of halogens is 1. The lowest BCUT2D eigenvalue weighted by Crippen LogP contribution is -2.07. The molecule has 0 atom stereocenters. The third-order valence-electron chi connectivity index (χ3n) is 2.36. The van der Waals surface area contributed by atoms with Crippen LogP contribution in [0.25, 0.3) is 0 Å². The first kappa shape index (κ1) is 8.09. The molecule has 0 bridgehead atoms. The summed E-state index contributed by atoms with van der Waals surface area (Å²) >= 11 is 6.02. The summed E-state index contributed by atoms with van der Waals surface area (Å²) in [6.45, 7) is 4.16. The fraction of sp³-hybridized carbons (Fsp3) is 0.400. The largest absolute Gasteiger partial charge is 0.298 e. The van der Waals surface area contributed by atoms with Gasteiger partial charge >= 0.3 is 0 Å². The molecule has 1 aliphatic rings. The second kappa shape index (κ2) is 2.75. The van der Waals surface area contributed by atoms with Gasteiger partial charge in [-0.3, -0.25) is 4.90 Å². The average Bonchev–Trinajstić information content (AvgIpc) is 2.30. The van der Waals surface area contributed by atoms with Gasteiger partial charge in [0.15, 0.2) is 0 Å². The molecule has 0 aliphatic carbocycles. The highest BCUT2D eigenvalue weighted by atomic mass is 35.5. The van der Waals surface area contributed by atoms with Crippen LogP contribution in [0.15, 0.2) is 12.1 Å². The molecule has 0 unspecified atom stereocenters. The first-order valence-corrected chi connectivity index (χ1v) is 4.51. The van der Waals surface area contributed by atoms with Crippen LogP contribution in [0.5, 0.6) is 0 Å². The van der Waals surface area contributed by atoms with Gasteiger partial charge in [-0.05, 0) is 36.7 Å². The van der Waals surface area contributed by atoms with E-state index in [-0.39, 0.29) is 0 Å². The van der Waals surface area contributed by atoms with Gasteiger partial charge in [0, 0.05) is 18.1 Å². The molecule has 2 rings (SSSR count). The van der Waals surface area contributed by atoms with Crippen LogP contribution in [0.4, 0.5) is 0 Å². The maximum Gasteiger partial charge on any atom is 0.0438 e. The molecule has 1 aliphatic heterocycles. The molecule has 12 heavy (non-hydrogen) atoms. The van der Waals surface area contributed by atoms with Crippen molar-refractivity contribution in [1.29, 1.82) is 0 Å². The van der Waals surface area contributed by atoms with E-state index in [1.165, 1.54) is 16.7 Å². The van der Waals surface area contributed by atoms with Crippen LogP contribution in [0.2, 0.25) is 5.02 Å². The second-order valence-electron chi connectivity index (χ2n) is 3.54. The average molecular weight is 182 g/mol. The maximum atomic E-state index is 6.02. The predicted octanol–water partition coefficient (Wildman–Crippen LogP) is 2.59. The molecule has 0 radical (unpaired) electrons. The zero-order chi connectivity index (χ0) is 8.72. The Balaban J connectivity index is 2.48. The van der Waals surface area contributed by atoms with Crippen LogP contribution in [0, 0.1) is 6.92 Å². The third kappa shape index (κ3) is 1.23. The fourth-order valence-electron chi connectivity index (χ4n) is 1.71. The predicted molar refractivity (Wildman–Crippen MR) is 51.4 cm³/mol. The molecule has 1 aromatic carbocycles. The molecule has 2 heteroatoms. The number of aryl methyl sites for hydroxylation is 1. The Morgan fingerprint density at radius 2 is 1.83 bits per heavy atom.